The second kappa shape index (κ2) is 4.68. The number of benzene rings is 1. The standard InChI is InChI=1S/C13H14BrNS/c1-4-11-12(15-13(14)16-11)10-6-5-8(2)9(3)7-10/h5-7H,4H2,1-3H3. The summed E-state index contributed by atoms with van der Waals surface area (Å²) in [5.41, 5.74) is 5.00. The van der Waals surface area contributed by atoms with Crippen molar-refractivity contribution in [3.8, 4) is 11.3 Å². The summed E-state index contributed by atoms with van der Waals surface area (Å²) in [5, 5.41) is 0. The molecule has 0 saturated carbocycles. The zero-order valence-electron chi connectivity index (χ0n) is 9.67. The summed E-state index contributed by atoms with van der Waals surface area (Å²) in [5.74, 6) is 0. The first kappa shape index (κ1) is 11.8. The number of hydrogen-bond acceptors (Lipinski definition) is 2. The number of nitrogens with zero attached hydrogens (tertiary/aromatic N) is 1. The minimum atomic E-state index is 0.970. The molecular formula is C13H14BrNS. The van der Waals surface area contributed by atoms with Crippen LogP contribution in [0.2, 0.25) is 0 Å². The molecule has 16 heavy (non-hydrogen) atoms. The van der Waals surface area contributed by atoms with Gasteiger partial charge in [0.25, 0.3) is 0 Å². The van der Waals surface area contributed by atoms with E-state index in [2.05, 4.69) is 59.9 Å². The highest BCUT2D eigenvalue weighted by Crippen LogP contribution is 2.32. The minimum Gasteiger partial charge on any atom is -0.229 e. The van der Waals surface area contributed by atoms with E-state index in [1.807, 2.05) is 0 Å². The summed E-state index contributed by atoms with van der Waals surface area (Å²) in [6.45, 7) is 6.45. The lowest BCUT2D eigenvalue weighted by Gasteiger charge is -2.04. The molecule has 0 aliphatic heterocycles. The molecule has 0 fully saturated rings. The van der Waals surface area contributed by atoms with Gasteiger partial charge in [0, 0.05) is 10.4 Å². The van der Waals surface area contributed by atoms with Crippen molar-refractivity contribution in [3.05, 3.63) is 38.1 Å². The molecule has 84 valence electrons. The van der Waals surface area contributed by atoms with E-state index in [9.17, 15) is 0 Å². The summed E-state index contributed by atoms with van der Waals surface area (Å²) in [6.07, 6.45) is 1.03. The van der Waals surface area contributed by atoms with Crippen molar-refractivity contribution in [2.75, 3.05) is 0 Å². The van der Waals surface area contributed by atoms with Gasteiger partial charge >= 0.3 is 0 Å². The quantitative estimate of drug-likeness (QED) is 0.779. The van der Waals surface area contributed by atoms with Gasteiger partial charge in [-0.1, -0.05) is 19.1 Å². The Morgan fingerprint density at radius 1 is 1.25 bits per heavy atom. The Morgan fingerprint density at radius 3 is 2.62 bits per heavy atom. The van der Waals surface area contributed by atoms with Crippen molar-refractivity contribution in [2.45, 2.75) is 27.2 Å². The van der Waals surface area contributed by atoms with Crippen LogP contribution in [0.25, 0.3) is 11.3 Å². The molecule has 0 atom stereocenters. The number of aromatic nitrogens is 1. The second-order valence-electron chi connectivity index (χ2n) is 3.89. The van der Waals surface area contributed by atoms with Crippen LogP contribution in [0.5, 0.6) is 0 Å². The van der Waals surface area contributed by atoms with E-state index in [1.54, 1.807) is 11.3 Å². The average molecular weight is 296 g/mol. The largest absolute Gasteiger partial charge is 0.229 e. The topological polar surface area (TPSA) is 12.9 Å². The summed E-state index contributed by atoms with van der Waals surface area (Å²) >= 11 is 5.19. The van der Waals surface area contributed by atoms with Gasteiger partial charge in [0.15, 0.2) is 3.92 Å². The van der Waals surface area contributed by atoms with Gasteiger partial charge in [0.05, 0.1) is 5.69 Å². The first-order valence-electron chi connectivity index (χ1n) is 5.34. The van der Waals surface area contributed by atoms with Crippen LogP contribution in [0.4, 0.5) is 0 Å². The van der Waals surface area contributed by atoms with Crippen LogP contribution in [0, 0.1) is 13.8 Å². The molecule has 2 rings (SSSR count). The summed E-state index contributed by atoms with van der Waals surface area (Å²) in [6, 6.07) is 6.54. The molecule has 1 heterocycles. The Morgan fingerprint density at radius 2 is 2.00 bits per heavy atom. The monoisotopic (exact) mass is 295 g/mol. The molecule has 1 nitrogen and oxygen atoms in total. The lowest BCUT2D eigenvalue weighted by atomic mass is 10.0. The van der Waals surface area contributed by atoms with Gasteiger partial charge in [0.2, 0.25) is 0 Å². The van der Waals surface area contributed by atoms with Crippen LogP contribution in [-0.4, -0.2) is 4.98 Å². The molecule has 0 unspecified atom stereocenters. The Hall–Kier alpha value is -0.670. The Bertz CT molecular complexity index is 517. The Balaban J connectivity index is 2.53. The predicted octanol–water partition coefficient (Wildman–Crippen LogP) is 4.75. The smallest absolute Gasteiger partial charge is 0.160 e. The van der Waals surface area contributed by atoms with Crippen molar-refractivity contribution in [2.24, 2.45) is 0 Å². The van der Waals surface area contributed by atoms with E-state index < -0.39 is 0 Å². The normalized spacial score (nSPS) is 10.8. The third-order valence-electron chi connectivity index (χ3n) is 2.77. The summed E-state index contributed by atoms with van der Waals surface area (Å²) < 4.78 is 0.970. The highest BCUT2D eigenvalue weighted by molar-refractivity contribution is 9.11. The molecule has 3 heteroatoms. The molecule has 0 spiro atoms. The first-order valence-corrected chi connectivity index (χ1v) is 6.95. The van der Waals surface area contributed by atoms with Crippen LogP contribution < -0.4 is 0 Å². The average Bonchev–Trinajstić information content (AvgIpc) is 2.63. The van der Waals surface area contributed by atoms with Crippen molar-refractivity contribution in [1.29, 1.82) is 0 Å². The third kappa shape index (κ3) is 2.20. The maximum absolute atomic E-state index is 4.56. The summed E-state index contributed by atoms with van der Waals surface area (Å²) in [4.78, 5) is 5.90. The van der Waals surface area contributed by atoms with E-state index in [0.717, 1.165) is 16.0 Å². The number of thiazole rings is 1. The van der Waals surface area contributed by atoms with Crippen molar-refractivity contribution in [1.82, 2.24) is 4.98 Å². The van der Waals surface area contributed by atoms with Crippen LogP contribution in [-0.2, 0) is 6.42 Å². The lowest BCUT2D eigenvalue weighted by molar-refractivity contribution is 1.17. The molecular weight excluding hydrogens is 282 g/mol. The SMILES string of the molecule is CCc1sc(Br)nc1-c1ccc(C)c(C)c1. The number of halogens is 1. The van der Waals surface area contributed by atoms with Crippen molar-refractivity contribution >= 4 is 27.3 Å². The first-order chi connectivity index (χ1) is 7.61. The minimum absolute atomic E-state index is 0.970. The molecule has 2 aromatic rings. The molecule has 0 aliphatic carbocycles. The molecule has 0 N–H and O–H groups in total. The van der Waals surface area contributed by atoms with Gasteiger partial charge in [-0.25, -0.2) is 4.98 Å². The second-order valence-corrected chi connectivity index (χ2v) is 6.25. The van der Waals surface area contributed by atoms with E-state index in [1.165, 1.54) is 21.6 Å². The van der Waals surface area contributed by atoms with Crippen LogP contribution in [0.1, 0.15) is 22.9 Å². The predicted molar refractivity (Wildman–Crippen MR) is 74.1 cm³/mol. The van der Waals surface area contributed by atoms with E-state index in [0.29, 0.717) is 0 Å². The van der Waals surface area contributed by atoms with Gasteiger partial charge in [-0.2, -0.15) is 0 Å². The molecule has 0 radical (unpaired) electrons. The number of hydrogen-bond donors (Lipinski definition) is 0. The van der Waals surface area contributed by atoms with Gasteiger partial charge in [-0.3, -0.25) is 0 Å². The molecule has 1 aromatic carbocycles. The Labute approximate surface area is 109 Å². The van der Waals surface area contributed by atoms with Gasteiger partial charge in [-0.15, -0.1) is 11.3 Å². The lowest BCUT2D eigenvalue weighted by Crippen LogP contribution is -1.86. The number of rotatable bonds is 2. The Kier molecular flexibility index (Phi) is 3.45. The van der Waals surface area contributed by atoms with Crippen LogP contribution in [0.15, 0.2) is 22.1 Å². The van der Waals surface area contributed by atoms with E-state index >= 15 is 0 Å². The van der Waals surface area contributed by atoms with E-state index in [-0.39, 0.29) is 0 Å². The van der Waals surface area contributed by atoms with Crippen LogP contribution in [0.3, 0.4) is 0 Å². The fourth-order valence-electron chi connectivity index (χ4n) is 1.68. The fraction of sp³-hybridized carbons (Fsp3) is 0.308. The van der Waals surface area contributed by atoms with Crippen LogP contribution >= 0.6 is 27.3 Å². The maximum atomic E-state index is 4.56. The third-order valence-corrected chi connectivity index (χ3v) is 4.42. The zero-order chi connectivity index (χ0) is 11.7. The number of aryl methyl sites for hydroxylation is 3. The van der Waals surface area contributed by atoms with Gasteiger partial charge < -0.3 is 0 Å². The highest BCUT2D eigenvalue weighted by Gasteiger charge is 2.10. The highest BCUT2D eigenvalue weighted by atomic mass is 79.9. The van der Waals surface area contributed by atoms with Gasteiger partial charge in [0.1, 0.15) is 0 Å². The zero-order valence-corrected chi connectivity index (χ0v) is 12.1. The molecule has 0 saturated heterocycles. The summed E-state index contributed by atoms with van der Waals surface area (Å²) in [7, 11) is 0. The van der Waals surface area contributed by atoms with Gasteiger partial charge in [-0.05, 0) is 53.4 Å². The fourth-order valence-corrected chi connectivity index (χ4v) is 3.19. The maximum Gasteiger partial charge on any atom is 0.160 e. The molecule has 0 aliphatic rings. The van der Waals surface area contributed by atoms with Crippen molar-refractivity contribution < 1.29 is 0 Å². The molecule has 1 aromatic heterocycles. The molecule has 0 amide bonds. The molecule has 0 bridgehead atoms. The van der Waals surface area contributed by atoms with E-state index in [4.69, 9.17) is 0 Å². The van der Waals surface area contributed by atoms with Crippen molar-refractivity contribution in [3.63, 3.8) is 0 Å².